The molecule has 2 aromatic carbocycles. The second-order valence-electron chi connectivity index (χ2n) is 15.6. The number of fused-ring (bicyclic) bond motifs is 4. The lowest BCUT2D eigenvalue weighted by Crippen LogP contribution is -2.59. The number of aliphatic hydroxyl groups is 2. The molecule has 6 rings (SSSR count). The Morgan fingerprint density at radius 1 is 0.942 bits per heavy atom. The maximum atomic E-state index is 15.0. The molecule has 280 valence electrons. The van der Waals surface area contributed by atoms with Crippen molar-refractivity contribution in [2.45, 2.75) is 115 Å². The summed E-state index contributed by atoms with van der Waals surface area (Å²) in [6.45, 7) is 11.0. The lowest BCUT2D eigenvalue weighted by atomic mass is 9.74. The molecule has 1 aliphatic carbocycles. The monoisotopic (exact) mass is 716 g/mol. The minimum absolute atomic E-state index is 0.00118. The Morgan fingerprint density at radius 2 is 1.62 bits per heavy atom. The summed E-state index contributed by atoms with van der Waals surface area (Å²) in [4.78, 5) is 47.3. The van der Waals surface area contributed by atoms with Gasteiger partial charge in [-0.15, -0.1) is 0 Å². The maximum Gasteiger partial charge on any atom is 0.202 e. The van der Waals surface area contributed by atoms with Crippen LogP contribution in [-0.4, -0.2) is 101 Å². The highest BCUT2D eigenvalue weighted by Gasteiger charge is 2.49. The second kappa shape index (κ2) is 13.9. The summed E-state index contributed by atoms with van der Waals surface area (Å²) in [7, 11) is 7.47. The van der Waals surface area contributed by atoms with Gasteiger partial charge in [0.05, 0.1) is 53.1 Å². The van der Waals surface area contributed by atoms with E-state index < -0.39 is 59.5 Å². The van der Waals surface area contributed by atoms with E-state index in [-0.39, 0.29) is 56.7 Å². The number of unbranched alkanes of at least 4 members (excludes halogenated alkanes) is 1. The van der Waals surface area contributed by atoms with Gasteiger partial charge >= 0.3 is 0 Å². The fraction of sp³-hybridized carbons (Fsp3) is 0.537. The number of carbonyl (C=O) groups is 2. The number of ether oxygens (including phenoxy) is 2. The maximum absolute atomic E-state index is 15.0. The van der Waals surface area contributed by atoms with Gasteiger partial charge in [-0.1, -0.05) is 19.4 Å². The van der Waals surface area contributed by atoms with Crippen LogP contribution < -0.4 is 5.43 Å². The summed E-state index contributed by atoms with van der Waals surface area (Å²) < 4.78 is 19.1. The van der Waals surface area contributed by atoms with Crippen LogP contribution in [0.2, 0.25) is 0 Å². The molecule has 3 aliphatic rings. The minimum atomic E-state index is -0.848. The summed E-state index contributed by atoms with van der Waals surface area (Å²) in [6, 6.07) is 4.34. The molecule has 0 unspecified atom stereocenters. The van der Waals surface area contributed by atoms with Crippen molar-refractivity contribution in [1.29, 1.82) is 0 Å². The molecule has 11 heteroatoms. The Bertz CT molecular complexity index is 2030. The largest absolute Gasteiger partial charge is 0.507 e. The second-order valence-corrected chi connectivity index (χ2v) is 15.6. The molecule has 0 amide bonds. The van der Waals surface area contributed by atoms with Gasteiger partial charge in [-0.25, -0.2) is 0 Å². The van der Waals surface area contributed by atoms with Crippen LogP contribution in [0.5, 0.6) is 5.75 Å². The van der Waals surface area contributed by atoms with Gasteiger partial charge in [0, 0.05) is 34.3 Å². The summed E-state index contributed by atoms with van der Waals surface area (Å²) in [6.07, 6.45) is -0.212. The van der Waals surface area contributed by atoms with E-state index in [1.165, 1.54) is 6.07 Å². The first-order chi connectivity index (χ1) is 24.4. The van der Waals surface area contributed by atoms with Gasteiger partial charge in [-0.3, -0.25) is 14.4 Å². The molecular formula is C41H52N2O9. The predicted octanol–water partition coefficient (Wildman–Crippen LogP) is 5.46. The molecule has 0 spiro atoms. The standard InChI is InChI=1S/C41H52N2O9/c1-11-12-13-19(2)28-17-27(44)31-20(3)14-25-33(39(31)52-28)38(48)34-32(37(25)47)23(29-16-26(42(7)8)35(45)21(4)50-29)15-24(36(34)46)30-18-41(6,43(9)10)40(49)22(5)51-30/h13-15,17,21-22,26,29-30,35,40,45-46,49H,11-12,16,18H2,1-10H3/b19-13+/t21-,22-,26-,29-,30-,35-,40-,41-/m1/s1. The third-order valence-electron chi connectivity index (χ3n) is 11.8. The van der Waals surface area contributed by atoms with Crippen LogP contribution in [0.3, 0.4) is 0 Å². The highest BCUT2D eigenvalue weighted by atomic mass is 16.5. The van der Waals surface area contributed by atoms with E-state index in [1.54, 1.807) is 32.9 Å². The lowest BCUT2D eigenvalue weighted by Gasteiger charge is -2.49. The number of benzene rings is 2. The van der Waals surface area contributed by atoms with E-state index in [1.807, 2.05) is 64.8 Å². The van der Waals surface area contributed by atoms with Crippen molar-refractivity contribution >= 4 is 28.1 Å². The van der Waals surface area contributed by atoms with E-state index in [4.69, 9.17) is 13.9 Å². The van der Waals surface area contributed by atoms with Crippen molar-refractivity contribution in [2.24, 2.45) is 0 Å². The molecule has 0 bridgehead atoms. The average Bonchev–Trinajstić information content (AvgIpc) is 3.08. The van der Waals surface area contributed by atoms with Crippen molar-refractivity contribution in [3.05, 3.63) is 79.2 Å². The Balaban J connectivity index is 1.63. The van der Waals surface area contributed by atoms with Crippen molar-refractivity contribution in [2.75, 3.05) is 28.2 Å². The van der Waals surface area contributed by atoms with Crippen LogP contribution in [0.4, 0.5) is 0 Å². The highest BCUT2D eigenvalue weighted by Crippen LogP contribution is 2.49. The number of phenolic OH excluding ortho intramolecular Hbond substituents is 1. The van der Waals surface area contributed by atoms with Gasteiger partial charge < -0.3 is 39.0 Å². The van der Waals surface area contributed by atoms with Crippen LogP contribution >= 0.6 is 0 Å². The first-order valence-corrected chi connectivity index (χ1v) is 18.2. The van der Waals surface area contributed by atoms with Gasteiger partial charge in [0.2, 0.25) is 5.78 Å². The molecule has 52 heavy (non-hydrogen) atoms. The SMILES string of the molecule is CCC/C=C(\C)c1cc(=O)c2c(C)cc3c(c2o1)C(=O)c1c(O)c([C@H]2C[C@@](C)(N(C)C)[C@H](O)[C@@H](C)O2)cc([C@H]2C[C@@H](N(C)C)[C@H](O)[C@@H](C)O2)c1C3=O. The molecule has 2 aliphatic heterocycles. The fourth-order valence-electron chi connectivity index (χ4n) is 8.32. The molecule has 2 fully saturated rings. The van der Waals surface area contributed by atoms with Crippen molar-refractivity contribution in [1.82, 2.24) is 9.80 Å². The number of rotatable bonds is 7. The third-order valence-corrected chi connectivity index (χ3v) is 11.8. The zero-order chi connectivity index (χ0) is 38.1. The molecule has 8 atom stereocenters. The number of ketones is 2. The summed E-state index contributed by atoms with van der Waals surface area (Å²) in [5.41, 5.74) is 0.605. The molecule has 11 nitrogen and oxygen atoms in total. The van der Waals surface area contributed by atoms with Gasteiger partial charge in [-0.05, 0) is 111 Å². The van der Waals surface area contributed by atoms with Crippen LogP contribution in [-0.2, 0) is 9.47 Å². The molecule has 1 aromatic heterocycles. The number of carbonyl (C=O) groups excluding carboxylic acids is 2. The predicted molar refractivity (Wildman–Crippen MR) is 198 cm³/mol. The molecule has 2 saturated heterocycles. The van der Waals surface area contributed by atoms with Crippen molar-refractivity contribution in [3.8, 4) is 5.75 Å². The molecule has 3 N–H and O–H groups in total. The first kappa shape index (κ1) is 38.0. The van der Waals surface area contributed by atoms with Crippen LogP contribution in [0, 0.1) is 6.92 Å². The number of hydrogen-bond donors (Lipinski definition) is 3. The van der Waals surface area contributed by atoms with Crippen LogP contribution in [0.1, 0.15) is 127 Å². The van der Waals surface area contributed by atoms with Gasteiger partial charge in [-0.2, -0.15) is 0 Å². The molecule has 3 aromatic rings. The quantitative estimate of drug-likeness (QED) is 0.224. The Morgan fingerprint density at radius 3 is 2.25 bits per heavy atom. The Kier molecular flexibility index (Phi) is 10.2. The summed E-state index contributed by atoms with van der Waals surface area (Å²) >= 11 is 0. The Labute approximate surface area is 304 Å². The fourth-order valence-corrected chi connectivity index (χ4v) is 8.32. The first-order valence-electron chi connectivity index (χ1n) is 18.2. The number of phenols is 1. The Hall–Kier alpha value is -3.71. The topological polar surface area (TPSA) is 150 Å². The number of hydrogen-bond acceptors (Lipinski definition) is 11. The lowest BCUT2D eigenvalue weighted by molar-refractivity contribution is -0.176. The average molecular weight is 717 g/mol. The van der Waals surface area contributed by atoms with Crippen molar-refractivity contribution in [3.63, 3.8) is 0 Å². The van der Waals surface area contributed by atoms with E-state index in [2.05, 4.69) is 0 Å². The number of allylic oxidation sites excluding steroid dienone is 2. The van der Waals surface area contributed by atoms with Crippen LogP contribution in [0.15, 0.2) is 33.5 Å². The van der Waals surface area contributed by atoms with E-state index in [0.29, 0.717) is 23.3 Å². The smallest absolute Gasteiger partial charge is 0.202 e. The van der Waals surface area contributed by atoms with E-state index in [0.717, 1.165) is 18.4 Å². The minimum Gasteiger partial charge on any atom is -0.507 e. The molecular weight excluding hydrogens is 664 g/mol. The molecule has 0 radical (unpaired) electrons. The van der Waals surface area contributed by atoms with Gasteiger partial charge in [0.25, 0.3) is 0 Å². The number of aliphatic hydroxyl groups excluding tert-OH is 2. The summed E-state index contributed by atoms with van der Waals surface area (Å²) in [5, 5.41) is 34.7. The third kappa shape index (κ3) is 6.05. The zero-order valence-electron chi connectivity index (χ0n) is 31.9. The van der Waals surface area contributed by atoms with Crippen molar-refractivity contribution < 1.29 is 38.8 Å². The number of likely N-dealkylation sites (N-methyl/N-ethyl adjacent to an activating group) is 2. The van der Waals surface area contributed by atoms with E-state index >= 15 is 4.79 Å². The number of nitrogens with zero attached hydrogens (tertiary/aromatic N) is 2. The van der Waals surface area contributed by atoms with E-state index in [9.17, 15) is 24.9 Å². The van der Waals surface area contributed by atoms with Gasteiger partial charge in [0.1, 0.15) is 11.5 Å². The van der Waals surface area contributed by atoms with Crippen LogP contribution in [0.25, 0.3) is 16.5 Å². The number of aromatic hydroxyl groups is 1. The summed E-state index contributed by atoms with van der Waals surface area (Å²) in [5.74, 6) is -1.27. The normalized spacial score (nSPS) is 29.6. The molecule has 3 heterocycles. The number of aryl methyl sites for hydroxylation is 1. The van der Waals surface area contributed by atoms with Gasteiger partial charge in [0.15, 0.2) is 16.8 Å². The zero-order valence-corrected chi connectivity index (χ0v) is 31.9. The highest BCUT2D eigenvalue weighted by molar-refractivity contribution is 6.33. The molecule has 0 saturated carbocycles.